The molecular weight excluding hydrogens is 114 g/mol. The molecule has 0 N–H and O–H groups in total. The van der Waals surface area contributed by atoms with Crippen LogP contribution in [-0.4, -0.2) is 26.0 Å². The lowest BCUT2D eigenvalue weighted by Gasteiger charge is -2.17. The molecule has 0 radical (unpaired) electrons. The highest BCUT2D eigenvalue weighted by molar-refractivity contribution is 5.62. The first-order valence-corrected chi connectivity index (χ1v) is 3.47. The van der Waals surface area contributed by atoms with Crippen LogP contribution in [0.4, 0.5) is 0 Å². The van der Waals surface area contributed by atoms with E-state index in [2.05, 4.69) is 4.99 Å². The molecule has 0 aliphatic carbocycles. The Morgan fingerprint density at radius 2 is 2.44 bits per heavy atom. The molecular formula is C7H13NO. The first-order chi connectivity index (χ1) is 4.43. The van der Waals surface area contributed by atoms with Gasteiger partial charge in [-0.05, 0) is 19.3 Å². The number of hydrogen-bond donors (Lipinski definition) is 0. The molecule has 1 fully saturated rings. The maximum Gasteiger partial charge on any atom is 0.0921 e. The van der Waals surface area contributed by atoms with Crippen LogP contribution in [0.5, 0.6) is 0 Å². The fourth-order valence-corrected chi connectivity index (χ4v) is 1.05. The van der Waals surface area contributed by atoms with Crippen LogP contribution in [0.1, 0.15) is 19.3 Å². The molecule has 1 aliphatic heterocycles. The second kappa shape index (κ2) is 3.62. The second-order valence-corrected chi connectivity index (χ2v) is 2.31. The van der Waals surface area contributed by atoms with E-state index in [4.69, 9.17) is 4.74 Å². The molecule has 2 nitrogen and oxygen atoms in total. The highest BCUT2D eigenvalue weighted by atomic mass is 16.5. The minimum atomic E-state index is 0.309. The van der Waals surface area contributed by atoms with Gasteiger partial charge in [-0.2, -0.15) is 0 Å². The van der Waals surface area contributed by atoms with Gasteiger partial charge in [0.15, 0.2) is 0 Å². The van der Waals surface area contributed by atoms with Gasteiger partial charge in [-0.25, -0.2) is 0 Å². The molecule has 0 amide bonds. The summed E-state index contributed by atoms with van der Waals surface area (Å²) in [6.07, 6.45) is 5.85. The van der Waals surface area contributed by atoms with Gasteiger partial charge in [0.05, 0.1) is 6.10 Å². The summed E-state index contributed by atoms with van der Waals surface area (Å²) in [6.45, 7) is 0.913. The zero-order chi connectivity index (χ0) is 6.53. The van der Waals surface area contributed by atoms with E-state index < -0.39 is 0 Å². The third-order valence-electron chi connectivity index (χ3n) is 1.53. The van der Waals surface area contributed by atoms with Gasteiger partial charge in [0.1, 0.15) is 0 Å². The monoisotopic (exact) mass is 127 g/mol. The molecule has 0 aromatic rings. The summed E-state index contributed by atoms with van der Waals surface area (Å²) in [6, 6.07) is 0. The lowest BCUT2D eigenvalue weighted by Crippen LogP contribution is -2.19. The van der Waals surface area contributed by atoms with Crippen molar-refractivity contribution in [2.24, 2.45) is 4.99 Å². The van der Waals surface area contributed by atoms with Crippen molar-refractivity contribution in [2.75, 3.05) is 13.7 Å². The van der Waals surface area contributed by atoms with Gasteiger partial charge in [-0.3, -0.25) is 4.99 Å². The molecule has 2 heteroatoms. The summed E-state index contributed by atoms with van der Waals surface area (Å²) in [5.41, 5.74) is 0. The summed E-state index contributed by atoms with van der Waals surface area (Å²) in [4.78, 5) is 3.91. The summed E-state index contributed by atoms with van der Waals surface area (Å²) in [5, 5.41) is 0. The van der Waals surface area contributed by atoms with Gasteiger partial charge < -0.3 is 4.74 Å². The molecule has 0 saturated carbocycles. The maximum absolute atomic E-state index is 5.37. The summed E-state index contributed by atoms with van der Waals surface area (Å²) >= 11 is 0. The van der Waals surface area contributed by atoms with E-state index >= 15 is 0 Å². The van der Waals surface area contributed by atoms with Crippen molar-refractivity contribution in [3.63, 3.8) is 0 Å². The number of aliphatic imine (C=N–C) groups is 1. The Morgan fingerprint density at radius 1 is 1.56 bits per heavy atom. The zero-order valence-corrected chi connectivity index (χ0v) is 5.84. The van der Waals surface area contributed by atoms with Gasteiger partial charge in [0, 0.05) is 19.9 Å². The molecule has 0 bridgehead atoms. The van der Waals surface area contributed by atoms with Crippen molar-refractivity contribution in [1.29, 1.82) is 0 Å². The lowest BCUT2D eigenvalue weighted by molar-refractivity contribution is 0.0615. The van der Waals surface area contributed by atoms with Crippen LogP contribution < -0.4 is 0 Å². The van der Waals surface area contributed by atoms with E-state index in [0.717, 1.165) is 13.0 Å². The molecule has 1 atom stereocenters. The highest BCUT2D eigenvalue weighted by Crippen LogP contribution is 2.10. The standard InChI is InChI=1S/C7H13NO/c1-8-6-7-4-2-3-5-9-7/h6-7H,2-5H2,1H3. The molecule has 1 unspecified atom stereocenters. The Labute approximate surface area is 55.9 Å². The van der Waals surface area contributed by atoms with Crippen molar-refractivity contribution >= 4 is 6.21 Å². The van der Waals surface area contributed by atoms with Crippen LogP contribution in [0.15, 0.2) is 4.99 Å². The van der Waals surface area contributed by atoms with E-state index in [1.807, 2.05) is 6.21 Å². The Hall–Kier alpha value is -0.370. The van der Waals surface area contributed by atoms with E-state index in [1.165, 1.54) is 12.8 Å². The zero-order valence-electron chi connectivity index (χ0n) is 5.84. The average Bonchev–Trinajstić information content (AvgIpc) is 1.91. The SMILES string of the molecule is CN=CC1CCCCO1. The molecule has 52 valence electrons. The second-order valence-electron chi connectivity index (χ2n) is 2.31. The van der Waals surface area contributed by atoms with Crippen molar-refractivity contribution < 1.29 is 4.74 Å². The Morgan fingerprint density at radius 3 is 3.00 bits per heavy atom. The highest BCUT2D eigenvalue weighted by Gasteiger charge is 2.09. The number of rotatable bonds is 1. The van der Waals surface area contributed by atoms with Crippen LogP contribution in [-0.2, 0) is 4.74 Å². The smallest absolute Gasteiger partial charge is 0.0921 e. The predicted octanol–water partition coefficient (Wildman–Crippen LogP) is 1.26. The average molecular weight is 127 g/mol. The molecule has 0 spiro atoms. The van der Waals surface area contributed by atoms with E-state index in [9.17, 15) is 0 Å². The van der Waals surface area contributed by atoms with Crippen LogP contribution in [0.25, 0.3) is 0 Å². The minimum absolute atomic E-state index is 0.309. The van der Waals surface area contributed by atoms with E-state index in [-0.39, 0.29) is 0 Å². The van der Waals surface area contributed by atoms with Crippen molar-refractivity contribution in [3.8, 4) is 0 Å². The van der Waals surface area contributed by atoms with Gasteiger partial charge >= 0.3 is 0 Å². The molecule has 1 heterocycles. The predicted molar refractivity (Wildman–Crippen MR) is 38.0 cm³/mol. The molecule has 0 aromatic carbocycles. The topological polar surface area (TPSA) is 21.6 Å². The minimum Gasteiger partial charge on any atom is -0.373 e. The van der Waals surface area contributed by atoms with Crippen LogP contribution in [0.3, 0.4) is 0 Å². The molecule has 1 rings (SSSR count). The van der Waals surface area contributed by atoms with Crippen molar-refractivity contribution in [1.82, 2.24) is 0 Å². The first-order valence-electron chi connectivity index (χ1n) is 3.47. The van der Waals surface area contributed by atoms with Crippen molar-refractivity contribution in [3.05, 3.63) is 0 Å². The number of hydrogen-bond acceptors (Lipinski definition) is 2. The Kier molecular flexibility index (Phi) is 2.71. The Bertz CT molecular complexity index is 95.1. The van der Waals surface area contributed by atoms with Gasteiger partial charge in [-0.1, -0.05) is 0 Å². The molecule has 1 saturated heterocycles. The molecule has 9 heavy (non-hydrogen) atoms. The molecule has 0 aromatic heterocycles. The normalized spacial score (nSPS) is 29.2. The largest absolute Gasteiger partial charge is 0.373 e. The summed E-state index contributed by atoms with van der Waals surface area (Å²) in [5.74, 6) is 0. The first kappa shape index (κ1) is 6.75. The fraction of sp³-hybridized carbons (Fsp3) is 0.857. The van der Waals surface area contributed by atoms with Gasteiger partial charge in [-0.15, -0.1) is 0 Å². The Balaban J connectivity index is 2.23. The maximum atomic E-state index is 5.37. The third kappa shape index (κ3) is 2.14. The van der Waals surface area contributed by atoms with Crippen molar-refractivity contribution in [2.45, 2.75) is 25.4 Å². The van der Waals surface area contributed by atoms with Crippen LogP contribution in [0, 0.1) is 0 Å². The number of nitrogens with zero attached hydrogens (tertiary/aromatic N) is 1. The van der Waals surface area contributed by atoms with E-state index in [0.29, 0.717) is 6.10 Å². The lowest BCUT2D eigenvalue weighted by atomic mass is 10.1. The van der Waals surface area contributed by atoms with Crippen LogP contribution >= 0.6 is 0 Å². The summed E-state index contributed by atoms with van der Waals surface area (Å²) in [7, 11) is 1.79. The third-order valence-corrected chi connectivity index (χ3v) is 1.53. The van der Waals surface area contributed by atoms with Gasteiger partial charge in [0.2, 0.25) is 0 Å². The molecule has 1 aliphatic rings. The number of ether oxygens (including phenoxy) is 1. The van der Waals surface area contributed by atoms with E-state index in [1.54, 1.807) is 7.05 Å². The fourth-order valence-electron chi connectivity index (χ4n) is 1.05. The van der Waals surface area contributed by atoms with Crippen LogP contribution in [0.2, 0.25) is 0 Å². The van der Waals surface area contributed by atoms with Gasteiger partial charge in [0.25, 0.3) is 0 Å². The quantitative estimate of drug-likeness (QED) is 0.486. The summed E-state index contributed by atoms with van der Waals surface area (Å²) < 4.78 is 5.37.